The Balaban J connectivity index is 2.20. The summed E-state index contributed by atoms with van der Waals surface area (Å²) in [6, 6.07) is 17.0. The molecule has 0 radical (unpaired) electrons. The van der Waals surface area contributed by atoms with Gasteiger partial charge in [0, 0.05) is 18.9 Å². The van der Waals surface area contributed by atoms with Crippen LogP contribution in [0.25, 0.3) is 0 Å². The van der Waals surface area contributed by atoms with Crippen LogP contribution < -0.4 is 5.32 Å². The van der Waals surface area contributed by atoms with E-state index in [0.717, 1.165) is 5.56 Å². The molecule has 0 saturated heterocycles. The third-order valence-electron chi connectivity index (χ3n) is 3.78. The molecule has 0 aromatic heterocycles. The van der Waals surface area contributed by atoms with Crippen LogP contribution in [-0.2, 0) is 30.3 Å². The third-order valence-corrected chi connectivity index (χ3v) is 3.78. The van der Waals surface area contributed by atoms with Crippen LogP contribution in [0.4, 0.5) is 0 Å². The van der Waals surface area contributed by atoms with Gasteiger partial charge in [0.05, 0.1) is 6.61 Å². The summed E-state index contributed by atoms with van der Waals surface area (Å²) in [5, 5.41) is 2.59. The van der Waals surface area contributed by atoms with Gasteiger partial charge in [-0.1, -0.05) is 60.7 Å². The lowest BCUT2D eigenvalue weighted by Crippen LogP contribution is -2.43. The van der Waals surface area contributed by atoms with Crippen molar-refractivity contribution in [3.8, 4) is 0 Å². The first kappa shape index (κ1) is 20.2. The highest BCUT2D eigenvalue weighted by Gasteiger charge is 2.30. The van der Waals surface area contributed by atoms with E-state index in [1.54, 1.807) is 37.3 Å². The van der Waals surface area contributed by atoms with Crippen LogP contribution >= 0.6 is 0 Å². The molecule has 142 valence electrons. The molecule has 2 atom stereocenters. The molecule has 27 heavy (non-hydrogen) atoms. The molecule has 0 aliphatic rings. The number of amides is 1. The molecular formula is C21H23NO5. The number of nitrogens with one attached hydrogen (secondary N) is 1. The van der Waals surface area contributed by atoms with Crippen molar-refractivity contribution in [2.24, 2.45) is 0 Å². The van der Waals surface area contributed by atoms with Gasteiger partial charge in [0.15, 0.2) is 0 Å². The quantitative estimate of drug-likeness (QED) is 0.723. The molecular weight excluding hydrogens is 346 g/mol. The molecule has 2 rings (SSSR count). The number of ether oxygens (including phenoxy) is 2. The molecule has 0 saturated carbocycles. The molecule has 1 amide bonds. The van der Waals surface area contributed by atoms with E-state index in [2.05, 4.69) is 5.32 Å². The zero-order chi connectivity index (χ0) is 19.6. The van der Waals surface area contributed by atoms with Crippen LogP contribution in [0, 0.1) is 0 Å². The van der Waals surface area contributed by atoms with E-state index < -0.39 is 24.1 Å². The molecule has 0 heterocycles. The Hall–Kier alpha value is -3.15. The third kappa shape index (κ3) is 6.26. The minimum atomic E-state index is -1.19. The number of hydrogen-bond acceptors (Lipinski definition) is 5. The number of rotatable bonds is 8. The normalized spacial score (nSPS) is 12.5. The molecule has 0 aliphatic carbocycles. The van der Waals surface area contributed by atoms with Gasteiger partial charge >= 0.3 is 11.9 Å². The van der Waals surface area contributed by atoms with Crippen molar-refractivity contribution in [1.29, 1.82) is 0 Å². The lowest BCUT2D eigenvalue weighted by Gasteiger charge is -2.21. The maximum Gasteiger partial charge on any atom is 0.352 e. The molecule has 2 aromatic carbocycles. The standard InChI is InChI=1S/C21H23NO5/c1-3-26-21(25)19(17-12-8-5-9-13-17)27-20(24)18(22-15(2)23)14-16-10-6-4-7-11-16/h4-13,18-19H,3,14H2,1-2H3,(H,22,23)/t18-,19-/m0/s1. The lowest BCUT2D eigenvalue weighted by atomic mass is 10.1. The SMILES string of the molecule is CCOC(=O)[C@@H](OC(=O)[C@H](Cc1ccccc1)NC(C)=O)c1ccccc1. The van der Waals surface area contributed by atoms with E-state index in [9.17, 15) is 14.4 Å². The molecule has 0 fully saturated rings. The summed E-state index contributed by atoms with van der Waals surface area (Å²) in [7, 11) is 0. The molecule has 6 nitrogen and oxygen atoms in total. The van der Waals surface area contributed by atoms with E-state index >= 15 is 0 Å². The molecule has 2 aromatic rings. The van der Waals surface area contributed by atoms with Crippen molar-refractivity contribution in [3.05, 3.63) is 71.8 Å². The van der Waals surface area contributed by atoms with Crippen LogP contribution in [-0.4, -0.2) is 30.5 Å². The van der Waals surface area contributed by atoms with Crippen molar-refractivity contribution in [2.45, 2.75) is 32.4 Å². The second-order valence-electron chi connectivity index (χ2n) is 5.92. The molecule has 0 spiro atoms. The zero-order valence-corrected chi connectivity index (χ0v) is 15.4. The highest BCUT2D eigenvalue weighted by Crippen LogP contribution is 2.20. The largest absolute Gasteiger partial charge is 0.463 e. The van der Waals surface area contributed by atoms with E-state index in [1.807, 2.05) is 30.3 Å². The second-order valence-corrected chi connectivity index (χ2v) is 5.92. The van der Waals surface area contributed by atoms with Crippen molar-refractivity contribution in [2.75, 3.05) is 6.61 Å². The molecule has 6 heteroatoms. The average Bonchev–Trinajstić information content (AvgIpc) is 2.66. The summed E-state index contributed by atoms with van der Waals surface area (Å²) in [6.07, 6.45) is -0.936. The number of hydrogen-bond donors (Lipinski definition) is 1. The Morgan fingerprint density at radius 3 is 2.07 bits per heavy atom. The summed E-state index contributed by atoms with van der Waals surface area (Å²) in [5.74, 6) is -1.71. The van der Waals surface area contributed by atoms with Gasteiger partial charge in [0.1, 0.15) is 6.04 Å². The van der Waals surface area contributed by atoms with Gasteiger partial charge in [-0.05, 0) is 12.5 Å². The van der Waals surface area contributed by atoms with E-state index in [-0.39, 0.29) is 18.9 Å². The summed E-state index contributed by atoms with van der Waals surface area (Å²) in [4.78, 5) is 36.6. The maximum atomic E-state index is 12.7. The average molecular weight is 369 g/mol. The van der Waals surface area contributed by atoms with Gasteiger partial charge in [-0.2, -0.15) is 0 Å². The lowest BCUT2D eigenvalue weighted by molar-refractivity contribution is -0.169. The minimum Gasteiger partial charge on any atom is -0.463 e. The first-order valence-corrected chi connectivity index (χ1v) is 8.74. The summed E-state index contributed by atoms with van der Waals surface area (Å²) in [5.41, 5.74) is 1.37. The van der Waals surface area contributed by atoms with Crippen molar-refractivity contribution in [1.82, 2.24) is 5.32 Å². The Morgan fingerprint density at radius 2 is 1.52 bits per heavy atom. The monoisotopic (exact) mass is 369 g/mol. The molecule has 0 unspecified atom stereocenters. The van der Waals surface area contributed by atoms with Gasteiger partial charge in [0.2, 0.25) is 12.0 Å². The summed E-state index contributed by atoms with van der Waals surface area (Å²) < 4.78 is 10.5. The van der Waals surface area contributed by atoms with Crippen molar-refractivity contribution in [3.63, 3.8) is 0 Å². The van der Waals surface area contributed by atoms with Gasteiger partial charge in [-0.3, -0.25) is 4.79 Å². The fraction of sp³-hybridized carbons (Fsp3) is 0.286. The molecule has 1 N–H and O–H groups in total. The van der Waals surface area contributed by atoms with E-state index in [1.165, 1.54) is 6.92 Å². The van der Waals surface area contributed by atoms with E-state index in [0.29, 0.717) is 5.56 Å². The fourth-order valence-electron chi connectivity index (χ4n) is 2.58. The van der Waals surface area contributed by atoms with Gasteiger partial charge in [-0.15, -0.1) is 0 Å². The Morgan fingerprint density at radius 1 is 0.926 bits per heavy atom. The predicted octanol–water partition coefficient (Wildman–Crippen LogP) is 2.58. The van der Waals surface area contributed by atoms with Gasteiger partial charge < -0.3 is 14.8 Å². The number of carbonyl (C=O) groups is 3. The van der Waals surface area contributed by atoms with Gasteiger partial charge in [0.25, 0.3) is 0 Å². The number of esters is 2. The predicted molar refractivity (Wildman–Crippen MR) is 99.7 cm³/mol. The Bertz CT molecular complexity index is 761. The topological polar surface area (TPSA) is 81.7 Å². The molecule has 0 aliphatic heterocycles. The summed E-state index contributed by atoms with van der Waals surface area (Å²) >= 11 is 0. The van der Waals surface area contributed by atoms with Crippen molar-refractivity contribution >= 4 is 17.8 Å². The molecule has 0 bridgehead atoms. The summed E-state index contributed by atoms with van der Waals surface area (Å²) in [6.45, 7) is 3.17. The van der Waals surface area contributed by atoms with Gasteiger partial charge in [-0.25, -0.2) is 9.59 Å². The highest BCUT2D eigenvalue weighted by atomic mass is 16.6. The first-order chi connectivity index (χ1) is 13.0. The van der Waals surface area contributed by atoms with Crippen LogP contribution in [0.2, 0.25) is 0 Å². The maximum absolute atomic E-state index is 12.7. The van der Waals surface area contributed by atoms with Crippen LogP contribution in [0.1, 0.15) is 31.1 Å². The fourth-order valence-corrected chi connectivity index (χ4v) is 2.58. The Labute approximate surface area is 158 Å². The van der Waals surface area contributed by atoms with Crippen LogP contribution in [0.3, 0.4) is 0 Å². The van der Waals surface area contributed by atoms with E-state index in [4.69, 9.17) is 9.47 Å². The van der Waals surface area contributed by atoms with Crippen LogP contribution in [0.15, 0.2) is 60.7 Å². The highest BCUT2D eigenvalue weighted by molar-refractivity contribution is 5.86. The smallest absolute Gasteiger partial charge is 0.352 e. The second kappa shape index (κ2) is 10.1. The van der Waals surface area contributed by atoms with Crippen LogP contribution in [0.5, 0.6) is 0 Å². The zero-order valence-electron chi connectivity index (χ0n) is 15.4. The van der Waals surface area contributed by atoms with Crippen molar-refractivity contribution < 1.29 is 23.9 Å². The minimum absolute atomic E-state index is 0.166. The first-order valence-electron chi connectivity index (χ1n) is 8.74. The number of carbonyl (C=O) groups excluding carboxylic acids is 3. The Kier molecular flexibility index (Phi) is 7.55. The number of benzene rings is 2.